The van der Waals surface area contributed by atoms with Crippen LogP contribution in [-0.2, 0) is 0 Å². The van der Waals surface area contributed by atoms with E-state index in [1.54, 1.807) is 25.5 Å². The highest BCUT2D eigenvalue weighted by Gasteiger charge is 2.23. The summed E-state index contributed by atoms with van der Waals surface area (Å²) in [6.07, 6.45) is 3.18. The topological polar surface area (TPSA) is 78.4 Å². The van der Waals surface area contributed by atoms with Gasteiger partial charge in [0, 0.05) is 22.3 Å². The Morgan fingerprint density at radius 1 is 1.38 bits per heavy atom. The highest BCUT2D eigenvalue weighted by Crippen LogP contribution is 2.42. The van der Waals surface area contributed by atoms with Gasteiger partial charge in [-0.25, -0.2) is 9.37 Å². The summed E-state index contributed by atoms with van der Waals surface area (Å²) in [4.78, 5) is 15.8. The van der Waals surface area contributed by atoms with Gasteiger partial charge in [-0.05, 0) is 36.1 Å². The number of thiophene rings is 1. The van der Waals surface area contributed by atoms with Crippen molar-refractivity contribution in [1.82, 2.24) is 4.98 Å². The van der Waals surface area contributed by atoms with Crippen molar-refractivity contribution in [2.24, 2.45) is 0 Å². The van der Waals surface area contributed by atoms with Gasteiger partial charge in [-0.3, -0.25) is 4.79 Å². The van der Waals surface area contributed by atoms with Crippen LogP contribution in [0.2, 0.25) is 10.0 Å². The summed E-state index contributed by atoms with van der Waals surface area (Å²) in [5.74, 6) is -0.300. The summed E-state index contributed by atoms with van der Waals surface area (Å²) in [7, 11) is 0. The first kappa shape index (κ1) is 19.7. The lowest BCUT2D eigenvalue weighted by Gasteiger charge is -2.18. The highest BCUT2D eigenvalue weighted by atomic mass is 35.5. The van der Waals surface area contributed by atoms with Crippen LogP contribution in [0.5, 0.6) is 5.75 Å². The molecule has 3 aromatic heterocycles. The Morgan fingerprint density at radius 2 is 2.17 bits per heavy atom. The smallest absolute Gasteiger partial charge is 0.205 e. The second-order valence-corrected chi connectivity index (χ2v) is 7.97. The molecule has 1 unspecified atom stereocenters. The molecular weight excluding hydrogens is 438 g/mol. The number of aromatic nitrogens is 1. The second-order valence-electron chi connectivity index (χ2n) is 6.24. The van der Waals surface area contributed by atoms with E-state index in [2.05, 4.69) is 4.98 Å². The number of anilines is 1. The SMILES string of the molecule is CC(Oc1c(N)ncc2c(-c3csc(C=O)c3)coc12)c1c(Cl)ccc(F)c1Cl. The number of hydrogen-bond acceptors (Lipinski definition) is 6. The van der Waals surface area contributed by atoms with Gasteiger partial charge in [-0.1, -0.05) is 23.2 Å². The normalized spacial score (nSPS) is 12.3. The maximum atomic E-state index is 13.9. The number of fused-ring (bicyclic) bond motifs is 1. The minimum Gasteiger partial charge on any atom is -0.478 e. The Kier molecular flexibility index (Phi) is 5.21. The van der Waals surface area contributed by atoms with Gasteiger partial charge in [-0.15, -0.1) is 11.3 Å². The molecule has 1 aromatic carbocycles. The molecule has 0 aliphatic rings. The first-order valence-corrected chi connectivity index (χ1v) is 10.0. The maximum absolute atomic E-state index is 13.9. The van der Waals surface area contributed by atoms with Crippen LogP contribution in [0.1, 0.15) is 28.3 Å². The van der Waals surface area contributed by atoms with Crippen molar-refractivity contribution in [3.8, 4) is 16.9 Å². The Balaban J connectivity index is 1.77. The van der Waals surface area contributed by atoms with Gasteiger partial charge in [0.25, 0.3) is 0 Å². The van der Waals surface area contributed by atoms with E-state index in [9.17, 15) is 9.18 Å². The number of nitrogens with zero attached hydrogens (tertiary/aromatic N) is 1. The molecule has 0 saturated carbocycles. The van der Waals surface area contributed by atoms with Crippen LogP contribution in [0.15, 0.2) is 40.5 Å². The molecule has 0 bridgehead atoms. The fourth-order valence-corrected chi connectivity index (χ4v) is 4.41. The molecule has 148 valence electrons. The quantitative estimate of drug-likeness (QED) is 0.276. The molecule has 0 aliphatic heterocycles. The summed E-state index contributed by atoms with van der Waals surface area (Å²) in [5.41, 5.74) is 8.25. The molecule has 9 heteroatoms. The molecular formula is C20H13Cl2FN2O3S. The number of carbonyl (C=O) groups excluding carboxylic acids is 1. The summed E-state index contributed by atoms with van der Waals surface area (Å²) >= 11 is 13.6. The predicted molar refractivity (Wildman–Crippen MR) is 113 cm³/mol. The van der Waals surface area contributed by atoms with Crippen molar-refractivity contribution in [2.75, 3.05) is 5.73 Å². The van der Waals surface area contributed by atoms with E-state index in [0.717, 1.165) is 17.4 Å². The van der Waals surface area contributed by atoms with Gasteiger partial charge < -0.3 is 14.9 Å². The van der Waals surface area contributed by atoms with E-state index in [1.165, 1.54) is 23.5 Å². The molecule has 5 nitrogen and oxygen atoms in total. The number of nitrogen functional groups attached to an aromatic ring is 1. The third-order valence-electron chi connectivity index (χ3n) is 4.43. The molecule has 3 heterocycles. The lowest BCUT2D eigenvalue weighted by molar-refractivity contribution is 0.112. The van der Waals surface area contributed by atoms with Crippen LogP contribution in [0.3, 0.4) is 0 Å². The van der Waals surface area contributed by atoms with Gasteiger partial charge in [0.2, 0.25) is 5.75 Å². The van der Waals surface area contributed by atoms with E-state index in [0.29, 0.717) is 21.4 Å². The molecule has 0 spiro atoms. The minimum absolute atomic E-state index is 0.104. The molecule has 4 aromatic rings. The maximum Gasteiger partial charge on any atom is 0.205 e. The molecule has 0 aliphatic carbocycles. The molecule has 4 rings (SSSR count). The number of nitrogens with two attached hydrogens (primary N) is 1. The molecule has 0 amide bonds. The molecule has 0 radical (unpaired) electrons. The number of hydrogen-bond donors (Lipinski definition) is 1. The Bertz CT molecular complexity index is 1240. The van der Waals surface area contributed by atoms with Gasteiger partial charge in [0.05, 0.1) is 21.5 Å². The average Bonchev–Trinajstić information content (AvgIpc) is 3.34. The van der Waals surface area contributed by atoms with Crippen molar-refractivity contribution in [3.05, 3.63) is 62.3 Å². The summed E-state index contributed by atoms with van der Waals surface area (Å²) in [5, 5.41) is 2.65. The van der Waals surface area contributed by atoms with E-state index in [-0.39, 0.29) is 21.6 Å². The Morgan fingerprint density at radius 3 is 2.90 bits per heavy atom. The summed E-state index contributed by atoms with van der Waals surface area (Å²) in [6, 6.07) is 4.35. The van der Waals surface area contributed by atoms with Gasteiger partial charge >= 0.3 is 0 Å². The zero-order valence-corrected chi connectivity index (χ0v) is 17.2. The van der Waals surface area contributed by atoms with Crippen molar-refractivity contribution in [2.45, 2.75) is 13.0 Å². The predicted octanol–water partition coefficient (Wildman–Crippen LogP) is 6.54. The standard InChI is InChI=1S/C20H13Cl2FN2O3S/c1-9(16-14(21)2-3-15(23)17(16)22)28-19-18-12(5-25-20(19)24)13(7-27-18)10-4-11(6-26)29-8-10/h2-9H,1H3,(H2,24,25). The van der Waals surface area contributed by atoms with E-state index >= 15 is 0 Å². The van der Waals surface area contributed by atoms with Crippen LogP contribution < -0.4 is 10.5 Å². The third kappa shape index (κ3) is 3.46. The van der Waals surface area contributed by atoms with Gasteiger partial charge in [0.1, 0.15) is 11.9 Å². The van der Waals surface area contributed by atoms with Gasteiger partial charge in [-0.2, -0.15) is 0 Å². The van der Waals surface area contributed by atoms with Crippen molar-refractivity contribution >= 4 is 57.6 Å². The van der Waals surface area contributed by atoms with Crippen LogP contribution in [-0.4, -0.2) is 11.3 Å². The number of ether oxygens (including phenoxy) is 1. The number of carbonyl (C=O) groups is 1. The average molecular weight is 451 g/mol. The summed E-state index contributed by atoms with van der Waals surface area (Å²) in [6.45, 7) is 1.67. The number of pyridine rings is 1. The van der Waals surface area contributed by atoms with Crippen LogP contribution >= 0.6 is 34.5 Å². The minimum atomic E-state index is -0.725. The molecule has 0 saturated heterocycles. The Hall–Kier alpha value is -2.61. The molecule has 2 N–H and O–H groups in total. The second kappa shape index (κ2) is 7.67. The molecule has 0 fully saturated rings. The van der Waals surface area contributed by atoms with Crippen LogP contribution in [0.4, 0.5) is 10.2 Å². The highest BCUT2D eigenvalue weighted by molar-refractivity contribution is 7.12. The monoisotopic (exact) mass is 450 g/mol. The van der Waals surface area contributed by atoms with E-state index < -0.39 is 11.9 Å². The van der Waals surface area contributed by atoms with Crippen molar-refractivity contribution in [1.29, 1.82) is 0 Å². The number of benzene rings is 1. The first-order chi connectivity index (χ1) is 13.9. The first-order valence-electron chi connectivity index (χ1n) is 8.40. The van der Waals surface area contributed by atoms with E-state index in [1.807, 2.05) is 5.38 Å². The molecule has 29 heavy (non-hydrogen) atoms. The lowest BCUT2D eigenvalue weighted by atomic mass is 10.1. The van der Waals surface area contributed by atoms with Crippen LogP contribution in [0, 0.1) is 5.82 Å². The zero-order valence-electron chi connectivity index (χ0n) is 14.9. The number of aldehydes is 1. The summed E-state index contributed by atoms with van der Waals surface area (Å²) < 4.78 is 25.6. The van der Waals surface area contributed by atoms with Gasteiger partial charge in [0.15, 0.2) is 17.7 Å². The molecule has 1 atom stereocenters. The Labute approximate surface area is 178 Å². The lowest BCUT2D eigenvalue weighted by Crippen LogP contribution is -2.08. The van der Waals surface area contributed by atoms with Crippen molar-refractivity contribution < 1.29 is 18.3 Å². The van der Waals surface area contributed by atoms with E-state index in [4.69, 9.17) is 38.1 Å². The van der Waals surface area contributed by atoms with Crippen molar-refractivity contribution in [3.63, 3.8) is 0 Å². The number of halogens is 3. The fraction of sp³-hybridized carbons (Fsp3) is 0.100. The third-order valence-corrected chi connectivity index (χ3v) is 6.00. The van der Waals surface area contributed by atoms with Crippen LogP contribution in [0.25, 0.3) is 22.1 Å². The largest absolute Gasteiger partial charge is 0.478 e. The number of rotatable bonds is 5. The zero-order chi connectivity index (χ0) is 20.7. The fourth-order valence-electron chi connectivity index (χ4n) is 3.02. The number of furan rings is 1.